The molecule has 0 aliphatic carbocycles. The molecule has 2 aromatic rings. The minimum atomic E-state index is -0.182. The standard InChI is InChI=1S/C18H21ClN2O/c1-12-6-4-5-7-17(12)14(3)21-18(22)20-13(2)15-8-10-16(19)11-9-15/h4-11,13-14H,1-3H3,(H2,20,21,22). The fraction of sp³-hybridized carbons (Fsp3) is 0.278. The lowest BCUT2D eigenvalue weighted by atomic mass is 10.0. The maximum atomic E-state index is 12.1. The van der Waals surface area contributed by atoms with Gasteiger partial charge in [-0.2, -0.15) is 0 Å². The molecule has 2 unspecified atom stereocenters. The van der Waals surface area contributed by atoms with E-state index in [4.69, 9.17) is 11.6 Å². The summed E-state index contributed by atoms with van der Waals surface area (Å²) in [6.45, 7) is 5.97. The average Bonchev–Trinajstić information content (AvgIpc) is 2.48. The van der Waals surface area contributed by atoms with E-state index in [-0.39, 0.29) is 18.1 Å². The van der Waals surface area contributed by atoms with Crippen LogP contribution in [0.5, 0.6) is 0 Å². The van der Waals surface area contributed by atoms with Crippen molar-refractivity contribution >= 4 is 17.6 Å². The number of halogens is 1. The van der Waals surface area contributed by atoms with E-state index in [9.17, 15) is 4.79 Å². The first-order valence-corrected chi connectivity index (χ1v) is 7.73. The van der Waals surface area contributed by atoms with Crippen LogP contribution in [0.4, 0.5) is 4.79 Å². The van der Waals surface area contributed by atoms with Crippen molar-refractivity contribution in [3.63, 3.8) is 0 Å². The quantitative estimate of drug-likeness (QED) is 0.838. The van der Waals surface area contributed by atoms with Crippen molar-refractivity contribution in [2.24, 2.45) is 0 Å². The smallest absolute Gasteiger partial charge is 0.315 e. The second-order valence-corrected chi connectivity index (χ2v) is 5.91. The fourth-order valence-corrected chi connectivity index (χ4v) is 2.55. The number of urea groups is 1. The van der Waals surface area contributed by atoms with Crippen LogP contribution in [0.15, 0.2) is 48.5 Å². The van der Waals surface area contributed by atoms with Gasteiger partial charge in [0.1, 0.15) is 0 Å². The molecule has 0 saturated heterocycles. The molecule has 0 radical (unpaired) electrons. The Bertz CT molecular complexity index is 640. The van der Waals surface area contributed by atoms with Crippen LogP contribution in [0, 0.1) is 6.92 Å². The van der Waals surface area contributed by atoms with Crippen molar-refractivity contribution in [2.75, 3.05) is 0 Å². The molecule has 0 heterocycles. The van der Waals surface area contributed by atoms with Gasteiger partial charge >= 0.3 is 6.03 Å². The first-order valence-electron chi connectivity index (χ1n) is 7.35. The number of rotatable bonds is 4. The van der Waals surface area contributed by atoms with Gasteiger partial charge in [0.25, 0.3) is 0 Å². The van der Waals surface area contributed by atoms with Gasteiger partial charge in [0.2, 0.25) is 0 Å². The third kappa shape index (κ3) is 4.25. The summed E-state index contributed by atoms with van der Waals surface area (Å²) >= 11 is 5.87. The van der Waals surface area contributed by atoms with Crippen LogP contribution in [0.2, 0.25) is 5.02 Å². The maximum absolute atomic E-state index is 12.1. The largest absolute Gasteiger partial charge is 0.332 e. The fourth-order valence-electron chi connectivity index (χ4n) is 2.42. The molecule has 2 N–H and O–H groups in total. The van der Waals surface area contributed by atoms with Gasteiger partial charge in [0.15, 0.2) is 0 Å². The van der Waals surface area contributed by atoms with Crippen molar-refractivity contribution in [3.8, 4) is 0 Å². The molecular formula is C18H21ClN2O. The Morgan fingerprint density at radius 2 is 1.55 bits per heavy atom. The highest BCUT2D eigenvalue weighted by atomic mass is 35.5. The van der Waals surface area contributed by atoms with Crippen LogP contribution >= 0.6 is 11.6 Å². The van der Waals surface area contributed by atoms with Crippen LogP contribution in [-0.2, 0) is 0 Å². The second-order valence-electron chi connectivity index (χ2n) is 5.47. The topological polar surface area (TPSA) is 41.1 Å². The summed E-state index contributed by atoms with van der Waals surface area (Å²) in [6, 6.07) is 15.2. The number of benzene rings is 2. The predicted octanol–water partition coefficient (Wildman–Crippen LogP) is 4.77. The van der Waals surface area contributed by atoms with Crippen molar-refractivity contribution in [2.45, 2.75) is 32.9 Å². The number of aryl methyl sites for hydroxylation is 1. The monoisotopic (exact) mass is 316 g/mol. The first kappa shape index (κ1) is 16.4. The Hall–Kier alpha value is -2.00. The van der Waals surface area contributed by atoms with Gasteiger partial charge in [-0.25, -0.2) is 4.79 Å². The van der Waals surface area contributed by atoms with E-state index in [1.165, 1.54) is 5.56 Å². The molecule has 2 rings (SSSR count). The Labute approximate surface area is 136 Å². The molecule has 0 aliphatic heterocycles. The highest BCUT2D eigenvalue weighted by molar-refractivity contribution is 6.30. The van der Waals surface area contributed by atoms with E-state index in [0.29, 0.717) is 5.02 Å². The predicted molar refractivity (Wildman–Crippen MR) is 91.1 cm³/mol. The molecule has 0 aliphatic rings. The Balaban J connectivity index is 1.95. The number of amides is 2. The van der Waals surface area contributed by atoms with E-state index in [1.54, 1.807) is 0 Å². The molecule has 3 nitrogen and oxygen atoms in total. The molecule has 116 valence electrons. The maximum Gasteiger partial charge on any atom is 0.315 e. The van der Waals surface area contributed by atoms with Gasteiger partial charge in [-0.1, -0.05) is 48.0 Å². The summed E-state index contributed by atoms with van der Waals surface area (Å²) in [5.41, 5.74) is 3.31. The minimum absolute atomic E-state index is 0.0429. The zero-order valence-corrected chi connectivity index (χ0v) is 13.8. The Kier molecular flexibility index (Phi) is 5.45. The first-order chi connectivity index (χ1) is 10.5. The van der Waals surface area contributed by atoms with E-state index in [1.807, 2.05) is 69.3 Å². The summed E-state index contributed by atoms with van der Waals surface area (Å²) in [7, 11) is 0. The van der Waals surface area contributed by atoms with Crippen molar-refractivity contribution < 1.29 is 4.79 Å². The lowest BCUT2D eigenvalue weighted by Crippen LogP contribution is -2.38. The number of hydrogen-bond acceptors (Lipinski definition) is 1. The molecule has 4 heteroatoms. The molecule has 0 saturated carbocycles. The van der Waals surface area contributed by atoms with Gasteiger partial charge in [-0.05, 0) is 49.6 Å². The third-order valence-electron chi connectivity index (χ3n) is 3.72. The van der Waals surface area contributed by atoms with Gasteiger partial charge in [0, 0.05) is 5.02 Å². The number of carbonyl (C=O) groups is 1. The normalized spacial score (nSPS) is 13.3. The average molecular weight is 317 g/mol. The van der Waals surface area contributed by atoms with E-state index in [0.717, 1.165) is 11.1 Å². The summed E-state index contributed by atoms with van der Waals surface area (Å²) in [5.74, 6) is 0. The van der Waals surface area contributed by atoms with E-state index in [2.05, 4.69) is 10.6 Å². The van der Waals surface area contributed by atoms with Crippen molar-refractivity contribution in [1.29, 1.82) is 0 Å². The molecule has 22 heavy (non-hydrogen) atoms. The van der Waals surface area contributed by atoms with Crippen LogP contribution in [0.1, 0.15) is 42.6 Å². The number of nitrogens with one attached hydrogen (secondary N) is 2. The van der Waals surface area contributed by atoms with E-state index < -0.39 is 0 Å². The molecule has 0 bridgehead atoms. The van der Waals surface area contributed by atoms with Gasteiger partial charge in [0.05, 0.1) is 12.1 Å². The molecule has 0 spiro atoms. The minimum Gasteiger partial charge on any atom is -0.332 e. The Morgan fingerprint density at radius 1 is 0.955 bits per heavy atom. The van der Waals surface area contributed by atoms with Crippen LogP contribution in [0.3, 0.4) is 0 Å². The summed E-state index contributed by atoms with van der Waals surface area (Å²) in [6.07, 6.45) is 0. The SMILES string of the molecule is Cc1ccccc1C(C)NC(=O)NC(C)c1ccc(Cl)cc1. The lowest BCUT2D eigenvalue weighted by molar-refractivity contribution is 0.235. The molecule has 0 fully saturated rings. The molecular weight excluding hydrogens is 296 g/mol. The van der Waals surface area contributed by atoms with Gasteiger partial charge in [-0.15, -0.1) is 0 Å². The highest BCUT2D eigenvalue weighted by Gasteiger charge is 2.13. The summed E-state index contributed by atoms with van der Waals surface area (Å²) < 4.78 is 0. The van der Waals surface area contributed by atoms with Crippen LogP contribution in [-0.4, -0.2) is 6.03 Å². The number of hydrogen-bond donors (Lipinski definition) is 2. The van der Waals surface area contributed by atoms with Gasteiger partial charge < -0.3 is 10.6 Å². The van der Waals surface area contributed by atoms with Crippen LogP contribution < -0.4 is 10.6 Å². The molecule has 2 amide bonds. The third-order valence-corrected chi connectivity index (χ3v) is 3.97. The Morgan fingerprint density at radius 3 is 2.18 bits per heavy atom. The highest BCUT2D eigenvalue weighted by Crippen LogP contribution is 2.18. The molecule has 0 aromatic heterocycles. The number of carbonyl (C=O) groups excluding carboxylic acids is 1. The summed E-state index contributed by atoms with van der Waals surface area (Å²) in [5, 5.41) is 6.60. The van der Waals surface area contributed by atoms with E-state index >= 15 is 0 Å². The van der Waals surface area contributed by atoms with Crippen LogP contribution in [0.25, 0.3) is 0 Å². The van der Waals surface area contributed by atoms with Gasteiger partial charge in [-0.3, -0.25) is 0 Å². The molecule has 2 aromatic carbocycles. The van der Waals surface area contributed by atoms with Crippen molar-refractivity contribution in [3.05, 3.63) is 70.2 Å². The molecule has 2 atom stereocenters. The van der Waals surface area contributed by atoms with Crippen molar-refractivity contribution in [1.82, 2.24) is 10.6 Å². The zero-order valence-electron chi connectivity index (χ0n) is 13.1. The second kappa shape index (κ2) is 7.32. The zero-order chi connectivity index (χ0) is 16.1. The summed E-state index contributed by atoms with van der Waals surface area (Å²) in [4.78, 5) is 12.1. The lowest BCUT2D eigenvalue weighted by Gasteiger charge is -2.20.